The average molecular weight is 250 g/mol. The van der Waals surface area contributed by atoms with Crippen molar-refractivity contribution in [2.45, 2.75) is 18.9 Å². The van der Waals surface area contributed by atoms with Crippen molar-refractivity contribution in [3.05, 3.63) is 23.8 Å². The van der Waals surface area contributed by atoms with Gasteiger partial charge < -0.3 is 20.4 Å². The van der Waals surface area contributed by atoms with Crippen molar-refractivity contribution in [3.8, 4) is 11.5 Å². The van der Waals surface area contributed by atoms with Gasteiger partial charge in [0.25, 0.3) is 5.91 Å². The highest BCUT2D eigenvalue weighted by Crippen LogP contribution is 2.24. The van der Waals surface area contributed by atoms with Gasteiger partial charge in [0.1, 0.15) is 11.5 Å². The van der Waals surface area contributed by atoms with Gasteiger partial charge in [0, 0.05) is 19.1 Å². The van der Waals surface area contributed by atoms with Gasteiger partial charge in [-0.1, -0.05) is 0 Å². The molecule has 0 radical (unpaired) electrons. The fraction of sp³-hybridized carbons (Fsp3) is 0.462. The van der Waals surface area contributed by atoms with Crippen molar-refractivity contribution in [1.82, 2.24) is 10.2 Å². The van der Waals surface area contributed by atoms with Crippen LogP contribution in [0.4, 0.5) is 0 Å². The molecule has 1 amide bonds. The van der Waals surface area contributed by atoms with Crippen molar-refractivity contribution >= 4 is 5.91 Å². The molecule has 2 rings (SSSR count). The van der Waals surface area contributed by atoms with Crippen LogP contribution in [0.25, 0.3) is 0 Å². The summed E-state index contributed by atoms with van der Waals surface area (Å²) in [6.07, 6.45) is 1.99. The van der Waals surface area contributed by atoms with Crippen molar-refractivity contribution in [2.24, 2.45) is 0 Å². The molecule has 5 heteroatoms. The van der Waals surface area contributed by atoms with Crippen LogP contribution in [0.15, 0.2) is 18.2 Å². The molecule has 18 heavy (non-hydrogen) atoms. The van der Waals surface area contributed by atoms with Crippen LogP contribution in [-0.2, 0) is 0 Å². The normalized spacial score (nSPS) is 19.8. The zero-order valence-corrected chi connectivity index (χ0v) is 10.4. The van der Waals surface area contributed by atoms with Crippen LogP contribution >= 0.6 is 0 Å². The monoisotopic (exact) mass is 250 g/mol. The number of likely N-dealkylation sites (tertiary alicyclic amines) is 1. The zero-order valence-electron chi connectivity index (χ0n) is 10.4. The second-order valence-corrected chi connectivity index (χ2v) is 4.58. The predicted molar refractivity (Wildman–Crippen MR) is 67.8 cm³/mol. The topological polar surface area (TPSA) is 72.8 Å². The summed E-state index contributed by atoms with van der Waals surface area (Å²) < 4.78 is 0. The third-order valence-electron chi connectivity index (χ3n) is 3.33. The molecule has 0 spiro atoms. The number of hydrogen-bond acceptors (Lipinski definition) is 4. The molecule has 1 heterocycles. The first-order valence-electron chi connectivity index (χ1n) is 6.10. The molecule has 0 saturated carbocycles. The van der Waals surface area contributed by atoms with E-state index in [1.807, 2.05) is 7.05 Å². The molecule has 1 atom stereocenters. The van der Waals surface area contributed by atoms with Crippen molar-refractivity contribution in [3.63, 3.8) is 0 Å². The number of carbonyl (C=O) groups is 1. The second-order valence-electron chi connectivity index (χ2n) is 4.58. The van der Waals surface area contributed by atoms with Crippen LogP contribution in [0.5, 0.6) is 11.5 Å². The third-order valence-corrected chi connectivity index (χ3v) is 3.33. The molecule has 5 nitrogen and oxygen atoms in total. The summed E-state index contributed by atoms with van der Waals surface area (Å²) in [6.45, 7) is 1.32. The molecule has 1 unspecified atom stereocenters. The SMILES string of the molecule is CNC1CCCN(C(=O)c2cc(O)ccc2O)C1. The van der Waals surface area contributed by atoms with E-state index >= 15 is 0 Å². The number of benzene rings is 1. The Morgan fingerprint density at radius 3 is 2.94 bits per heavy atom. The standard InChI is InChI=1S/C13H18N2O3/c1-14-9-3-2-6-15(8-9)13(18)11-7-10(16)4-5-12(11)17/h4-5,7,9,14,16-17H,2-3,6,8H2,1H3. The van der Waals surface area contributed by atoms with Gasteiger partial charge in [-0.3, -0.25) is 4.79 Å². The minimum atomic E-state index is -0.233. The van der Waals surface area contributed by atoms with E-state index in [-0.39, 0.29) is 23.0 Å². The quantitative estimate of drug-likeness (QED) is 0.682. The highest BCUT2D eigenvalue weighted by molar-refractivity contribution is 5.97. The van der Waals surface area contributed by atoms with Crippen LogP contribution < -0.4 is 5.32 Å². The summed E-state index contributed by atoms with van der Waals surface area (Å²) in [5.74, 6) is -0.342. The van der Waals surface area contributed by atoms with E-state index in [0.29, 0.717) is 19.1 Å². The molecule has 0 aromatic heterocycles. The van der Waals surface area contributed by atoms with Gasteiger partial charge in [0.2, 0.25) is 0 Å². The Bertz CT molecular complexity index is 448. The lowest BCUT2D eigenvalue weighted by Gasteiger charge is -2.32. The lowest BCUT2D eigenvalue weighted by atomic mass is 10.0. The number of piperidine rings is 1. The van der Waals surface area contributed by atoms with E-state index < -0.39 is 0 Å². The number of nitrogens with zero attached hydrogens (tertiary/aromatic N) is 1. The minimum absolute atomic E-state index is 0.0154. The Kier molecular flexibility index (Phi) is 3.72. The first-order valence-corrected chi connectivity index (χ1v) is 6.10. The van der Waals surface area contributed by atoms with E-state index in [9.17, 15) is 15.0 Å². The number of phenolic OH excluding ortho intramolecular Hbond substituents is 2. The molecular weight excluding hydrogens is 232 g/mol. The Morgan fingerprint density at radius 2 is 2.22 bits per heavy atom. The summed E-state index contributed by atoms with van der Waals surface area (Å²) in [4.78, 5) is 14.0. The van der Waals surface area contributed by atoms with E-state index in [4.69, 9.17) is 0 Å². The number of aromatic hydroxyl groups is 2. The summed E-state index contributed by atoms with van der Waals surface area (Å²) in [5, 5.41) is 22.2. The van der Waals surface area contributed by atoms with Crippen LogP contribution in [0.1, 0.15) is 23.2 Å². The molecule has 0 bridgehead atoms. The minimum Gasteiger partial charge on any atom is -0.508 e. The van der Waals surface area contributed by atoms with Crippen LogP contribution in [0, 0.1) is 0 Å². The van der Waals surface area contributed by atoms with Crippen molar-refractivity contribution < 1.29 is 15.0 Å². The molecule has 1 aromatic rings. The summed E-state index contributed by atoms with van der Waals surface area (Å²) in [6, 6.07) is 4.30. The number of likely N-dealkylation sites (N-methyl/N-ethyl adjacent to an activating group) is 1. The Labute approximate surface area is 106 Å². The van der Waals surface area contributed by atoms with Gasteiger partial charge >= 0.3 is 0 Å². The molecule has 98 valence electrons. The average Bonchev–Trinajstić information content (AvgIpc) is 2.41. The fourth-order valence-electron chi connectivity index (χ4n) is 2.26. The summed E-state index contributed by atoms with van der Waals surface area (Å²) >= 11 is 0. The molecule has 0 aliphatic carbocycles. The lowest BCUT2D eigenvalue weighted by Crippen LogP contribution is -2.46. The highest BCUT2D eigenvalue weighted by Gasteiger charge is 2.25. The highest BCUT2D eigenvalue weighted by atomic mass is 16.3. The number of hydrogen-bond donors (Lipinski definition) is 3. The number of rotatable bonds is 2. The number of phenols is 2. The number of amides is 1. The van der Waals surface area contributed by atoms with Crippen LogP contribution in [0.3, 0.4) is 0 Å². The predicted octanol–water partition coefficient (Wildman–Crippen LogP) is 0.922. The maximum Gasteiger partial charge on any atom is 0.257 e. The van der Waals surface area contributed by atoms with Gasteiger partial charge in [-0.05, 0) is 38.1 Å². The Hall–Kier alpha value is -1.75. The van der Waals surface area contributed by atoms with Crippen LogP contribution in [0.2, 0.25) is 0 Å². The van der Waals surface area contributed by atoms with Gasteiger partial charge in [-0.15, -0.1) is 0 Å². The smallest absolute Gasteiger partial charge is 0.257 e. The van der Waals surface area contributed by atoms with Gasteiger partial charge in [-0.25, -0.2) is 0 Å². The molecule has 3 N–H and O–H groups in total. The fourth-order valence-corrected chi connectivity index (χ4v) is 2.26. The maximum absolute atomic E-state index is 12.3. The van der Waals surface area contributed by atoms with Gasteiger partial charge in [0.05, 0.1) is 5.56 Å². The van der Waals surface area contributed by atoms with Crippen molar-refractivity contribution in [2.75, 3.05) is 20.1 Å². The third kappa shape index (κ3) is 2.56. The molecule has 1 aliphatic rings. The van der Waals surface area contributed by atoms with E-state index in [2.05, 4.69) is 5.32 Å². The summed E-state index contributed by atoms with van der Waals surface area (Å²) in [5.41, 5.74) is 0.159. The Morgan fingerprint density at radius 1 is 1.44 bits per heavy atom. The largest absolute Gasteiger partial charge is 0.508 e. The zero-order chi connectivity index (χ0) is 13.1. The van der Waals surface area contributed by atoms with Crippen LogP contribution in [-0.4, -0.2) is 47.2 Å². The van der Waals surface area contributed by atoms with Crippen molar-refractivity contribution in [1.29, 1.82) is 0 Å². The maximum atomic E-state index is 12.3. The van der Waals surface area contributed by atoms with E-state index in [0.717, 1.165) is 12.8 Å². The second kappa shape index (κ2) is 5.27. The molecule has 1 fully saturated rings. The van der Waals surface area contributed by atoms with Gasteiger partial charge in [0.15, 0.2) is 0 Å². The number of nitrogens with one attached hydrogen (secondary N) is 1. The lowest BCUT2D eigenvalue weighted by molar-refractivity contribution is 0.0694. The first-order chi connectivity index (χ1) is 8.61. The Balaban J connectivity index is 2.17. The number of carbonyl (C=O) groups excluding carboxylic acids is 1. The van der Waals surface area contributed by atoms with E-state index in [1.54, 1.807) is 4.90 Å². The summed E-state index contributed by atoms with van der Waals surface area (Å²) in [7, 11) is 1.88. The molecule has 1 aliphatic heterocycles. The van der Waals surface area contributed by atoms with E-state index in [1.165, 1.54) is 18.2 Å². The molecular formula is C13H18N2O3. The van der Waals surface area contributed by atoms with Gasteiger partial charge in [-0.2, -0.15) is 0 Å². The first kappa shape index (κ1) is 12.7. The molecule has 1 saturated heterocycles. The molecule has 1 aromatic carbocycles.